The molecule has 3 N–H and O–H groups in total. The molecule has 0 saturated carbocycles. The van der Waals surface area contributed by atoms with E-state index in [1.54, 1.807) is 7.05 Å². The lowest BCUT2D eigenvalue weighted by Crippen LogP contribution is -2.38. The zero-order chi connectivity index (χ0) is 17.9. The molecular formula is C18H30IN5O2. The van der Waals surface area contributed by atoms with Crippen LogP contribution in [0.3, 0.4) is 0 Å². The van der Waals surface area contributed by atoms with Crippen molar-refractivity contribution in [1.82, 2.24) is 15.5 Å². The number of carbonyl (C=O) groups is 1. The van der Waals surface area contributed by atoms with E-state index in [9.17, 15) is 4.79 Å². The molecular weight excluding hydrogens is 445 g/mol. The minimum Gasteiger partial charge on any atom is -0.380 e. The summed E-state index contributed by atoms with van der Waals surface area (Å²) >= 11 is 0. The molecule has 1 aromatic carbocycles. The number of ether oxygens (including phenoxy) is 1. The number of guanidine groups is 1. The summed E-state index contributed by atoms with van der Waals surface area (Å²) in [5.74, 6) is 0.728. The maximum Gasteiger partial charge on any atom is 0.321 e. The largest absolute Gasteiger partial charge is 0.380 e. The minimum absolute atomic E-state index is 0. The molecule has 146 valence electrons. The summed E-state index contributed by atoms with van der Waals surface area (Å²) in [6.45, 7) is 6.36. The van der Waals surface area contributed by atoms with Crippen molar-refractivity contribution in [1.29, 1.82) is 0 Å². The fourth-order valence-electron chi connectivity index (χ4n) is 2.67. The Bertz CT molecular complexity index is 576. The molecule has 0 atom stereocenters. The number of nitrogens with one attached hydrogen (secondary N) is 3. The first kappa shape index (κ1) is 22.5. The highest BCUT2D eigenvalue weighted by molar-refractivity contribution is 14.0. The van der Waals surface area contributed by atoms with Crippen molar-refractivity contribution in [2.75, 3.05) is 45.2 Å². The summed E-state index contributed by atoms with van der Waals surface area (Å²) in [6.07, 6.45) is 2.18. The number of urea groups is 1. The van der Waals surface area contributed by atoms with Gasteiger partial charge in [0.2, 0.25) is 0 Å². The van der Waals surface area contributed by atoms with E-state index in [1.165, 1.54) is 0 Å². The molecule has 1 saturated heterocycles. The number of carbonyl (C=O) groups excluding carboxylic acids is 1. The van der Waals surface area contributed by atoms with E-state index in [4.69, 9.17) is 4.74 Å². The lowest BCUT2D eigenvalue weighted by Gasteiger charge is -2.17. The predicted octanol–water partition coefficient (Wildman–Crippen LogP) is 2.63. The smallest absolute Gasteiger partial charge is 0.321 e. The van der Waals surface area contributed by atoms with E-state index in [1.807, 2.05) is 36.1 Å². The van der Waals surface area contributed by atoms with Gasteiger partial charge in [0.05, 0.1) is 6.61 Å². The Morgan fingerprint density at radius 2 is 2.04 bits per heavy atom. The van der Waals surface area contributed by atoms with Gasteiger partial charge in [-0.2, -0.15) is 0 Å². The van der Waals surface area contributed by atoms with Gasteiger partial charge in [-0.1, -0.05) is 12.1 Å². The van der Waals surface area contributed by atoms with Crippen LogP contribution in [-0.4, -0.2) is 56.8 Å². The maximum absolute atomic E-state index is 12.2. The Labute approximate surface area is 173 Å². The Balaban J connectivity index is 0.00000338. The van der Waals surface area contributed by atoms with Gasteiger partial charge in [-0.05, 0) is 37.5 Å². The first-order valence-electron chi connectivity index (χ1n) is 8.90. The number of nitrogens with zero attached hydrogens (tertiary/aromatic N) is 2. The van der Waals surface area contributed by atoms with Crippen molar-refractivity contribution in [3.8, 4) is 0 Å². The van der Waals surface area contributed by atoms with Gasteiger partial charge in [0.1, 0.15) is 0 Å². The van der Waals surface area contributed by atoms with Gasteiger partial charge in [0.25, 0.3) is 0 Å². The molecule has 2 amide bonds. The normalized spacial score (nSPS) is 13.9. The van der Waals surface area contributed by atoms with E-state index < -0.39 is 0 Å². The third-order valence-electron chi connectivity index (χ3n) is 4.00. The maximum atomic E-state index is 12.2. The van der Waals surface area contributed by atoms with E-state index >= 15 is 0 Å². The van der Waals surface area contributed by atoms with Gasteiger partial charge in [0.15, 0.2) is 5.96 Å². The Morgan fingerprint density at radius 1 is 1.27 bits per heavy atom. The molecule has 0 aliphatic carbocycles. The SMILES string of the molecule is CCOCCNC(=NC)NCc1cccc(NC(=O)N2CCCC2)c1.I. The molecule has 26 heavy (non-hydrogen) atoms. The fourth-order valence-corrected chi connectivity index (χ4v) is 2.67. The van der Waals surface area contributed by atoms with E-state index in [0.29, 0.717) is 26.3 Å². The van der Waals surface area contributed by atoms with Gasteiger partial charge < -0.3 is 25.6 Å². The first-order chi connectivity index (χ1) is 12.2. The van der Waals surface area contributed by atoms with Gasteiger partial charge in [-0.25, -0.2) is 4.79 Å². The average molecular weight is 475 g/mol. The number of benzene rings is 1. The Hall–Kier alpha value is -1.55. The minimum atomic E-state index is -0.0176. The molecule has 1 aromatic rings. The zero-order valence-corrected chi connectivity index (χ0v) is 17.9. The highest BCUT2D eigenvalue weighted by Crippen LogP contribution is 2.14. The van der Waals surface area contributed by atoms with Crippen LogP contribution in [0.4, 0.5) is 10.5 Å². The number of hydrogen-bond acceptors (Lipinski definition) is 3. The third-order valence-corrected chi connectivity index (χ3v) is 4.00. The van der Waals surface area contributed by atoms with Crippen molar-refractivity contribution in [2.45, 2.75) is 26.3 Å². The van der Waals surface area contributed by atoms with Crippen LogP contribution < -0.4 is 16.0 Å². The second-order valence-electron chi connectivity index (χ2n) is 5.87. The van der Waals surface area contributed by atoms with E-state index in [0.717, 1.165) is 43.1 Å². The van der Waals surface area contributed by atoms with Crippen molar-refractivity contribution in [3.05, 3.63) is 29.8 Å². The summed E-state index contributed by atoms with van der Waals surface area (Å²) < 4.78 is 5.30. The molecule has 0 aromatic heterocycles. The quantitative estimate of drug-likeness (QED) is 0.245. The standard InChI is InChI=1S/C18H29N5O2.HI/c1-3-25-12-9-20-17(19-2)21-14-15-7-6-8-16(13-15)22-18(24)23-10-4-5-11-23;/h6-8,13H,3-5,9-12,14H2,1-2H3,(H,22,24)(H2,19,20,21);1H. The Morgan fingerprint density at radius 3 is 2.73 bits per heavy atom. The van der Waals surface area contributed by atoms with E-state index in [-0.39, 0.29) is 30.0 Å². The monoisotopic (exact) mass is 475 g/mol. The molecule has 7 nitrogen and oxygen atoms in total. The van der Waals surface area contributed by atoms with Crippen molar-refractivity contribution in [3.63, 3.8) is 0 Å². The predicted molar refractivity (Wildman–Crippen MR) is 116 cm³/mol. The Kier molecular flexibility index (Phi) is 11.0. The lowest BCUT2D eigenvalue weighted by atomic mass is 10.2. The molecule has 1 aliphatic heterocycles. The number of rotatable bonds is 7. The molecule has 1 heterocycles. The van der Waals surface area contributed by atoms with Crippen LogP contribution in [0.2, 0.25) is 0 Å². The molecule has 1 aliphatic rings. The second-order valence-corrected chi connectivity index (χ2v) is 5.87. The van der Waals surface area contributed by atoms with Crippen molar-refractivity contribution in [2.24, 2.45) is 4.99 Å². The van der Waals surface area contributed by atoms with Gasteiger partial charge >= 0.3 is 6.03 Å². The number of hydrogen-bond donors (Lipinski definition) is 3. The first-order valence-corrected chi connectivity index (χ1v) is 8.90. The van der Waals surface area contributed by atoms with Crippen LogP contribution in [0.25, 0.3) is 0 Å². The lowest BCUT2D eigenvalue weighted by molar-refractivity contribution is 0.152. The molecule has 2 rings (SSSR count). The van der Waals surface area contributed by atoms with Crippen LogP contribution in [0.15, 0.2) is 29.3 Å². The van der Waals surface area contributed by atoms with Crippen LogP contribution in [0.1, 0.15) is 25.3 Å². The third kappa shape index (κ3) is 7.77. The van der Waals surface area contributed by atoms with Crippen molar-refractivity contribution < 1.29 is 9.53 Å². The molecule has 0 spiro atoms. The number of aliphatic imine (C=N–C) groups is 1. The summed E-state index contributed by atoms with van der Waals surface area (Å²) in [5, 5.41) is 9.43. The van der Waals surface area contributed by atoms with Crippen LogP contribution in [0, 0.1) is 0 Å². The zero-order valence-electron chi connectivity index (χ0n) is 15.6. The van der Waals surface area contributed by atoms with Gasteiger partial charge in [-0.3, -0.25) is 4.99 Å². The molecule has 1 fully saturated rings. The second kappa shape index (κ2) is 12.7. The summed E-state index contributed by atoms with van der Waals surface area (Å²) in [7, 11) is 1.74. The number of likely N-dealkylation sites (tertiary alicyclic amines) is 1. The van der Waals surface area contributed by atoms with E-state index in [2.05, 4.69) is 20.9 Å². The van der Waals surface area contributed by atoms with Crippen LogP contribution in [0.5, 0.6) is 0 Å². The van der Waals surface area contributed by atoms with Gasteiger partial charge in [-0.15, -0.1) is 24.0 Å². The topological polar surface area (TPSA) is 78.0 Å². The highest BCUT2D eigenvalue weighted by atomic mass is 127. The van der Waals surface area contributed by atoms with Gasteiger partial charge in [0, 0.05) is 45.5 Å². The molecule has 0 radical (unpaired) electrons. The van der Waals surface area contributed by atoms with Crippen molar-refractivity contribution >= 4 is 41.7 Å². The van der Waals surface area contributed by atoms with Crippen LogP contribution >= 0.6 is 24.0 Å². The summed E-state index contributed by atoms with van der Waals surface area (Å²) in [6, 6.07) is 7.84. The average Bonchev–Trinajstić information content (AvgIpc) is 3.16. The number of halogens is 1. The molecule has 8 heteroatoms. The fraction of sp³-hybridized carbons (Fsp3) is 0.556. The highest BCUT2D eigenvalue weighted by Gasteiger charge is 2.17. The van der Waals surface area contributed by atoms with Crippen LogP contribution in [-0.2, 0) is 11.3 Å². The molecule has 0 unspecified atom stereocenters. The summed E-state index contributed by atoms with van der Waals surface area (Å²) in [5.41, 5.74) is 1.89. The summed E-state index contributed by atoms with van der Waals surface area (Å²) in [4.78, 5) is 18.2. The molecule has 0 bridgehead atoms. The number of amides is 2. The number of anilines is 1.